The van der Waals surface area contributed by atoms with E-state index in [1.807, 2.05) is 0 Å². The van der Waals surface area contributed by atoms with Gasteiger partial charge in [-0.2, -0.15) is 0 Å². The van der Waals surface area contributed by atoms with E-state index in [0.29, 0.717) is 0 Å². The summed E-state index contributed by atoms with van der Waals surface area (Å²) >= 11 is 0.857. The topological polar surface area (TPSA) is 30.2 Å². The minimum absolute atomic E-state index is 0.0580. The number of hydrogen-bond acceptors (Lipinski definition) is 2. The number of hydrogen-bond donors (Lipinski definition) is 0. The van der Waals surface area contributed by atoms with Crippen LogP contribution in [0, 0.1) is 0 Å². The van der Waals surface area contributed by atoms with Gasteiger partial charge in [0.25, 0.3) is 0 Å². The van der Waals surface area contributed by atoms with E-state index in [1.165, 1.54) is 58.1 Å². The Labute approximate surface area is 141 Å². The average Bonchev–Trinajstić information content (AvgIpc) is 2.49. The van der Waals surface area contributed by atoms with Crippen LogP contribution >= 0.6 is 15.9 Å². The molecule has 1 heterocycles. The van der Waals surface area contributed by atoms with Gasteiger partial charge in [-0.15, -0.1) is 0 Å². The zero-order valence-corrected chi connectivity index (χ0v) is 18.2. The Hall–Kier alpha value is 0.229. The Morgan fingerprint density at radius 1 is 1.00 bits per heavy atom. The molecule has 120 valence electrons. The van der Waals surface area contributed by atoms with E-state index in [0.717, 1.165) is 8.05 Å². The van der Waals surface area contributed by atoms with E-state index in [1.54, 1.807) is 0 Å². The second-order valence-corrected chi connectivity index (χ2v) is 20.1. The van der Waals surface area contributed by atoms with Crippen molar-refractivity contribution in [3.63, 3.8) is 0 Å². The molecule has 21 heavy (non-hydrogen) atoms. The van der Waals surface area contributed by atoms with E-state index in [2.05, 4.69) is 42.8 Å². The molecule has 4 heteroatoms. The van der Waals surface area contributed by atoms with Crippen molar-refractivity contribution in [3.05, 3.63) is 27.2 Å². The summed E-state index contributed by atoms with van der Waals surface area (Å²) < 4.78 is 11.2. The third kappa shape index (κ3) is 5.74. The van der Waals surface area contributed by atoms with Crippen LogP contribution in [0.25, 0.3) is 0 Å². The van der Waals surface area contributed by atoms with Crippen molar-refractivity contribution in [1.29, 1.82) is 0 Å². The standard InChI is InChI=1S/C5H2BrO2.3C4H9.Sn/c6-4-1-2-5(7)8-3-4;3*1-3-4-2;/h1,3H;3*1,3-4H2,2H3;. The number of halogens is 1. The van der Waals surface area contributed by atoms with Gasteiger partial charge in [-0.1, -0.05) is 0 Å². The molecule has 0 N–H and O–H groups in total. The van der Waals surface area contributed by atoms with Gasteiger partial charge in [0.2, 0.25) is 0 Å². The molecule has 2 nitrogen and oxygen atoms in total. The SMILES string of the molecule is CCC[CH2][Sn]([CH2]CCC)([CH2]CCC)[c]1cc(Br)coc1=O. The second kappa shape index (κ2) is 10.1. The van der Waals surface area contributed by atoms with Gasteiger partial charge in [0.05, 0.1) is 0 Å². The minimum atomic E-state index is -2.64. The molecule has 0 fully saturated rings. The van der Waals surface area contributed by atoms with Crippen LogP contribution in [0.2, 0.25) is 13.3 Å². The predicted octanol–water partition coefficient (Wildman–Crippen LogP) is 5.46. The molecule has 0 radical (unpaired) electrons. The summed E-state index contributed by atoms with van der Waals surface area (Å²) in [5.74, 6) is 0. The Balaban J connectivity index is 3.22. The monoisotopic (exact) mass is 464 g/mol. The molecular weight excluding hydrogens is 435 g/mol. The summed E-state index contributed by atoms with van der Waals surface area (Å²) in [6.45, 7) is 6.75. The Morgan fingerprint density at radius 2 is 1.48 bits per heavy atom. The van der Waals surface area contributed by atoms with Gasteiger partial charge in [0.15, 0.2) is 0 Å². The molecule has 0 unspecified atom stereocenters. The first-order valence-electron chi connectivity index (χ1n) is 8.38. The van der Waals surface area contributed by atoms with Gasteiger partial charge >= 0.3 is 142 Å². The summed E-state index contributed by atoms with van der Waals surface area (Å²) in [4.78, 5) is 12.4. The van der Waals surface area contributed by atoms with Crippen LogP contribution in [0.1, 0.15) is 59.3 Å². The average molecular weight is 464 g/mol. The van der Waals surface area contributed by atoms with Crippen LogP contribution in [-0.4, -0.2) is 18.4 Å². The fourth-order valence-electron chi connectivity index (χ4n) is 3.10. The molecule has 1 rings (SSSR count). The van der Waals surface area contributed by atoms with Crippen LogP contribution in [0.15, 0.2) is 26.0 Å². The molecule has 0 amide bonds. The first-order chi connectivity index (χ1) is 10.1. The molecule has 0 saturated carbocycles. The van der Waals surface area contributed by atoms with E-state index in [-0.39, 0.29) is 5.63 Å². The maximum absolute atomic E-state index is 12.4. The van der Waals surface area contributed by atoms with Crippen LogP contribution in [0.3, 0.4) is 0 Å². The molecule has 0 aliphatic rings. The second-order valence-electron chi connectivity index (χ2n) is 6.06. The third-order valence-corrected chi connectivity index (χ3v) is 20.3. The van der Waals surface area contributed by atoms with Gasteiger partial charge in [-0.05, 0) is 0 Å². The van der Waals surface area contributed by atoms with Crippen LogP contribution in [0.5, 0.6) is 0 Å². The van der Waals surface area contributed by atoms with Crippen molar-refractivity contribution < 1.29 is 4.42 Å². The van der Waals surface area contributed by atoms with Crippen molar-refractivity contribution in [2.45, 2.75) is 72.6 Å². The molecular formula is C17H29BrO2Sn. The van der Waals surface area contributed by atoms with Crippen LogP contribution < -0.4 is 9.20 Å². The molecule has 0 aliphatic carbocycles. The van der Waals surface area contributed by atoms with E-state index >= 15 is 0 Å². The summed E-state index contributed by atoms with van der Waals surface area (Å²) in [5.41, 5.74) is -0.0580. The maximum atomic E-state index is 12.4. The third-order valence-electron chi connectivity index (χ3n) is 4.38. The Kier molecular flexibility index (Phi) is 9.26. The van der Waals surface area contributed by atoms with Gasteiger partial charge in [0, 0.05) is 0 Å². The quantitative estimate of drug-likeness (QED) is 0.431. The van der Waals surface area contributed by atoms with Crippen LogP contribution in [0.4, 0.5) is 0 Å². The summed E-state index contributed by atoms with van der Waals surface area (Å²) in [7, 11) is 0. The number of rotatable bonds is 10. The first kappa shape index (κ1) is 19.3. The van der Waals surface area contributed by atoms with Crippen LogP contribution in [-0.2, 0) is 0 Å². The Bertz CT molecular complexity index is 448. The molecule has 0 saturated heterocycles. The molecule has 0 aliphatic heterocycles. The zero-order chi connectivity index (χ0) is 15.7. The summed E-state index contributed by atoms with van der Waals surface area (Å²) in [6, 6.07) is 2.09. The molecule has 1 aromatic rings. The van der Waals surface area contributed by atoms with E-state index < -0.39 is 18.4 Å². The normalized spacial score (nSPS) is 11.8. The molecule has 0 aromatic carbocycles. The fraction of sp³-hybridized carbons (Fsp3) is 0.706. The van der Waals surface area contributed by atoms with Crippen molar-refractivity contribution in [3.8, 4) is 0 Å². The first-order valence-corrected chi connectivity index (χ1v) is 16.7. The van der Waals surface area contributed by atoms with Crippen molar-refractivity contribution in [2.24, 2.45) is 0 Å². The summed E-state index contributed by atoms with van der Waals surface area (Å²) in [5, 5.41) is 0. The molecule has 1 aromatic heterocycles. The molecule has 0 bridgehead atoms. The van der Waals surface area contributed by atoms with E-state index in [4.69, 9.17) is 4.42 Å². The van der Waals surface area contributed by atoms with Gasteiger partial charge in [0.1, 0.15) is 0 Å². The fourth-order valence-corrected chi connectivity index (χ4v) is 20.0. The molecule has 0 spiro atoms. The predicted molar refractivity (Wildman–Crippen MR) is 97.2 cm³/mol. The van der Waals surface area contributed by atoms with Gasteiger partial charge < -0.3 is 0 Å². The van der Waals surface area contributed by atoms with Crippen molar-refractivity contribution in [2.75, 3.05) is 0 Å². The van der Waals surface area contributed by atoms with E-state index in [9.17, 15) is 4.79 Å². The zero-order valence-electron chi connectivity index (χ0n) is 13.7. The van der Waals surface area contributed by atoms with Gasteiger partial charge in [-0.25, -0.2) is 0 Å². The summed E-state index contributed by atoms with van der Waals surface area (Å²) in [6.07, 6.45) is 8.96. The van der Waals surface area contributed by atoms with Gasteiger partial charge in [-0.3, -0.25) is 0 Å². The molecule has 0 atom stereocenters. The Morgan fingerprint density at radius 3 is 1.90 bits per heavy atom. The van der Waals surface area contributed by atoms with Crippen molar-refractivity contribution >= 4 is 37.9 Å². The number of unbranched alkanes of at least 4 members (excludes halogenated alkanes) is 3. The van der Waals surface area contributed by atoms with Crippen molar-refractivity contribution in [1.82, 2.24) is 0 Å².